The first kappa shape index (κ1) is 17.0. The fourth-order valence-corrected chi connectivity index (χ4v) is 1.61. The number of nitrogens with zero attached hydrogens (tertiary/aromatic N) is 2. The van der Waals surface area contributed by atoms with E-state index in [-0.39, 0.29) is 0 Å². The SMILES string of the molecule is CCCC(CCCN)n1ccnc1.F[B-](F)(F)F. The first-order valence-corrected chi connectivity index (χ1v) is 5.93. The van der Waals surface area contributed by atoms with Crippen molar-refractivity contribution in [2.75, 3.05) is 6.54 Å². The van der Waals surface area contributed by atoms with E-state index in [2.05, 4.69) is 16.5 Å². The number of hydrogen-bond acceptors (Lipinski definition) is 2. The molecule has 0 amide bonds. The molecule has 0 saturated carbocycles. The van der Waals surface area contributed by atoms with Crippen LogP contribution in [0.5, 0.6) is 0 Å². The predicted octanol–water partition coefficient (Wildman–Crippen LogP) is 3.26. The average Bonchev–Trinajstić information content (AvgIpc) is 2.75. The van der Waals surface area contributed by atoms with Crippen LogP contribution in [0.25, 0.3) is 0 Å². The molecule has 0 aliphatic heterocycles. The van der Waals surface area contributed by atoms with Crippen molar-refractivity contribution in [3.8, 4) is 0 Å². The van der Waals surface area contributed by atoms with Gasteiger partial charge < -0.3 is 27.6 Å². The van der Waals surface area contributed by atoms with Gasteiger partial charge in [-0.3, -0.25) is 0 Å². The van der Waals surface area contributed by atoms with E-state index in [1.807, 2.05) is 18.7 Å². The maximum absolute atomic E-state index is 9.75. The summed E-state index contributed by atoms with van der Waals surface area (Å²) < 4.78 is 41.2. The molecule has 3 nitrogen and oxygen atoms in total. The summed E-state index contributed by atoms with van der Waals surface area (Å²) in [5, 5.41) is 0. The number of halogens is 4. The molecule has 1 heterocycles. The molecule has 1 unspecified atom stereocenters. The van der Waals surface area contributed by atoms with Crippen LogP contribution in [0.2, 0.25) is 0 Å². The Bertz CT molecular complexity index is 284. The van der Waals surface area contributed by atoms with Gasteiger partial charge in [-0.05, 0) is 25.8 Å². The highest BCUT2D eigenvalue weighted by atomic mass is 19.5. The monoisotopic (exact) mass is 268 g/mol. The highest BCUT2D eigenvalue weighted by Crippen LogP contribution is 2.18. The number of hydrogen-bond donors (Lipinski definition) is 1. The van der Waals surface area contributed by atoms with Crippen LogP contribution >= 0.6 is 0 Å². The van der Waals surface area contributed by atoms with Crippen LogP contribution in [0, 0.1) is 0 Å². The molecule has 0 aliphatic rings. The van der Waals surface area contributed by atoms with E-state index in [9.17, 15) is 17.3 Å². The van der Waals surface area contributed by atoms with E-state index in [0.717, 1.165) is 13.0 Å². The molecule has 0 aromatic carbocycles. The second-order valence-electron chi connectivity index (χ2n) is 3.88. The van der Waals surface area contributed by atoms with Gasteiger partial charge in [0.1, 0.15) is 0 Å². The summed E-state index contributed by atoms with van der Waals surface area (Å²) in [6, 6.07) is 0.594. The van der Waals surface area contributed by atoms with Crippen molar-refractivity contribution in [1.82, 2.24) is 9.55 Å². The second-order valence-corrected chi connectivity index (χ2v) is 3.88. The quantitative estimate of drug-likeness (QED) is 0.635. The van der Waals surface area contributed by atoms with Crippen LogP contribution < -0.4 is 5.73 Å². The molecule has 0 saturated heterocycles. The Balaban J connectivity index is 0.000000494. The van der Waals surface area contributed by atoms with E-state index in [1.54, 1.807) is 0 Å². The van der Waals surface area contributed by atoms with Gasteiger partial charge in [0.15, 0.2) is 0 Å². The fourth-order valence-electron chi connectivity index (χ4n) is 1.61. The highest BCUT2D eigenvalue weighted by Gasteiger charge is 2.20. The van der Waals surface area contributed by atoms with Gasteiger partial charge in [-0.15, -0.1) is 0 Å². The third-order valence-electron chi connectivity index (χ3n) is 2.31. The first-order chi connectivity index (χ1) is 8.38. The van der Waals surface area contributed by atoms with Crippen LogP contribution in [0.15, 0.2) is 18.7 Å². The Hall–Kier alpha value is -1.05. The van der Waals surface area contributed by atoms with Gasteiger partial charge in [-0.1, -0.05) is 13.3 Å². The van der Waals surface area contributed by atoms with Crippen LogP contribution in [0.1, 0.15) is 38.6 Å². The lowest BCUT2D eigenvalue weighted by molar-refractivity contribution is 0.368. The Morgan fingerprint density at radius 3 is 2.28 bits per heavy atom. The lowest BCUT2D eigenvalue weighted by Gasteiger charge is -2.16. The van der Waals surface area contributed by atoms with Gasteiger partial charge in [-0.2, -0.15) is 0 Å². The van der Waals surface area contributed by atoms with E-state index in [4.69, 9.17) is 5.73 Å². The van der Waals surface area contributed by atoms with Gasteiger partial charge in [0.2, 0.25) is 0 Å². The fraction of sp³-hybridized carbons (Fsp3) is 0.700. The molecule has 1 rings (SSSR count). The van der Waals surface area contributed by atoms with Gasteiger partial charge in [0, 0.05) is 18.4 Å². The molecule has 1 aromatic rings. The average molecular weight is 268 g/mol. The van der Waals surface area contributed by atoms with Crippen molar-refractivity contribution in [3.63, 3.8) is 0 Å². The summed E-state index contributed by atoms with van der Waals surface area (Å²) >= 11 is 0. The third kappa shape index (κ3) is 10.1. The van der Waals surface area contributed by atoms with Gasteiger partial charge >= 0.3 is 7.25 Å². The van der Waals surface area contributed by atoms with Crippen molar-refractivity contribution < 1.29 is 17.3 Å². The van der Waals surface area contributed by atoms with Crippen molar-refractivity contribution in [1.29, 1.82) is 0 Å². The highest BCUT2D eigenvalue weighted by molar-refractivity contribution is 6.50. The Labute approximate surface area is 104 Å². The van der Waals surface area contributed by atoms with Gasteiger partial charge in [0.05, 0.1) is 6.33 Å². The predicted molar refractivity (Wildman–Crippen MR) is 64.6 cm³/mol. The second kappa shape index (κ2) is 8.96. The molecule has 18 heavy (non-hydrogen) atoms. The summed E-state index contributed by atoms with van der Waals surface area (Å²) in [4.78, 5) is 4.07. The zero-order valence-corrected chi connectivity index (χ0v) is 10.4. The van der Waals surface area contributed by atoms with Crippen molar-refractivity contribution in [2.45, 2.75) is 38.6 Å². The largest absolute Gasteiger partial charge is 0.673 e. The van der Waals surface area contributed by atoms with Crippen molar-refractivity contribution in [2.24, 2.45) is 5.73 Å². The summed E-state index contributed by atoms with van der Waals surface area (Å²) in [7, 11) is -6.00. The van der Waals surface area contributed by atoms with Crippen LogP contribution in [-0.4, -0.2) is 23.4 Å². The Kier molecular flexibility index (Phi) is 8.44. The minimum atomic E-state index is -6.00. The lowest BCUT2D eigenvalue weighted by atomic mass is 10.1. The number of imidazole rings is 1. The smallest absolute Gasteiger partial charge is 0.418 e. The topological polar surface area (TPSA) is 43.8 Å². The molecule has 0 aliphatic carbocycles. The molecule has 0 fully saturated rings. The molecule has 1 aromatic heterocycles. The molecule has 0 radical (unpaired) electrons. The van der Waals surface area contributed by atoms with Crippen molar-refractivity contribution in [3.05, 3.63) is 18.7 Å². The maximum Gasteiger partial charge on any atom is 0.673 e. The van der Waals surface area contributed by atoms with Crippen LogP contribution in [0.3, 0.4) is 0 Å². The molecule has 0 bridgehead atoms. The molecule has 2 N–H and O–H groups in total. The minimum absolute atomic E-state index is 0.594. The van der Waals surface area contributed by atoms with E-state index in [1.165, 1.54) is 19.3 Å². The Morgan fingerprint density at radius 1 is 1.28 bits per heavy atom. The van der Waals surface area contributed by atoms with Crippen LogP contribution in [-0.2, 0) is 0 Å². The van der Waals surface area contributed by atoms with Crippen molar-refractivity contribution >= 4 is 7.25 Å². The maximum atomic E-state index is 9.75. The van der Waals surface area contributed by atoms with Crippen LogP contribution in [0.4, 0.5) is 17.3 Å². The molecular formula is C10H19BF4N3-. The minimum Gasteiger partial charge on any atom is -0.418 e. The zero-order chi connectivity index (χ0) is 14.0. The molecule has 8 heteroatoms. The van der Waals surface area contributed by atoms with E-state index in [0.29, 0.717) is 6.04 Å². The van der Waals surface area contributed by atoms with Gasteiger partial charge in [-0.25, -0.2) is 4.98 Å². The number of rotatable bonds is 6. The molecule has 0 spiro atoms. The van der Waals surface area contributed by atoms with Gasteiger partial charge in [0.25, 0.3) is 0 Å². The summed E-state index contributed by atoms with van der Waals surface area (Å²) in [5.41, 5.74) is 5.50. The van der Waals surface area contributed by atoms with E-state index < -0.39 is 7.25 Å². The molecular weight excluding hydrogens is 249 g/mol. The number of aromatic nitrogens is 2. The molecule has 1 atom stereocenters. The summed E-state index contributed by atoms with van der Waals surface area (Å²) in [6.45, 7) is 3.00. The molecule has 106 valence electrons. The third-order valence-corrected chi connectivity index (χ3v) is 2.31. The standard InChI is InChI=1S/C10H19N3.BF4/c1-2-4-10(5-3-6-11)13-8-7-12-9-13;2-1(3,4)5/h7-10H,2-6,11H2,1H3;/q;-1. The Morgan fingerprint density at radius 2 is 1.89 bits per heavy atom. The summed E-state index contributed by atoms with van der Waals surface area (Å²) in [6.07, 6.45) is 10.5. The summed E-state index contributed by atoms with van der Waals surface area (Å²) in [5.74, 6) is 0. The number of nitrogens with two attached hydrogens (primary N) is 1. The normalized spacial score (nSPS) is 12.8. The first-order valence-electron chi connectivity index (χ1n) is 5.93. The van der Waals surface area contributed by atoms with E-state index >= 15 is 0 Å². The zero-order valence-electron chi connectivity index (χ0n) is 10.4. The lowest BCUT2D eigenvalue weighted by Crippen LogP contribution is -2.09.